The number of aromatic nitrogens is 5. The molecule has 4 saturated heterocycles. The molecule has 114 heavy (non-hydrogen) atoms. The number of nitrogens with one attached hydrogen (secondary N) is 2. The molecule has 0 aliphatic carbocycles. The van der Waals surface area contributed by atoms with Crippen molar-refractivity contribution in [3.05, 3.63) is 294 Å². The summed E-state index contributed by atoms with van der Waals surface area (Å²) in [4.78, 5) is 34.1. The standard InChI is InChI=1S/C18H19N3.2C17H20N2.C13H21N3.C11H15Cl2N.C7H6N2.C4H11BBrNO.C4H11NO2.CH4/c19-15-18(17-8-4-5-11-20-17)9-12-21(13-10-18)14-16-6-2-1-3-7-16;2*1-2-6-15(7-3-1)14-19-12-9-16(10-13-19)17-8-4-5-11-18-17;14-7-3-9-16-10-5-12(6-11-16)13-4-1-2-8-15-13;12-6-8-14(9-7-13)10-11-4-2-1-3-5-11;8-5-4-7-3-1-2-6-9-7;1-5(8)7-4-2-3-6;6-3-1-5-2-4-7;/h1-8,11H,9-10,12-14H2;2*1-8,11,16H,9-10,12-14H2;1-2,4,8,12H,3,5-7,9-11,14H2;1-5H,6-10H2;1-3,6H,4H2;7-8H,2-4H2,1H3;5-7H,1-4H2;1H4. The number of nitrogens with zero attached hydrogens (tertiary/aromatic N) is 12. The van der Waals surface area contributed by atoms with Gasteiger partial charge in [0.05, 0.1) is 43.2 Å². The Bertz CT molecular complexity index is 3690. The first-order valence-electron chi connectivity index (χ1n) is 40.4. The summed E-state index contributed by atoms with van der Waals surface area (Å²) in [7, 11) is -0.367. The van der Waals surface area contributed by atoms with E-state index >= 15 is 0 Å². The van der Waals surface area contributed by atoms with Gasteiger partial charge in [-0.05, 0) is 213 Å². The van der Waals surface area contributed by atoms with Crippen LogP contribution in [0.5, 0.6) is 0 Å². The molecule has 0 bridgehead atoms. The quantitative estimate of drug-likeness (QED) is 0.0152. The molecule has 7 N–H and O–H groups in total. The van der Waals surface area contributed by atoms with Gasteiger partial charge in [-0.2, -0.15) is 10.5 Å². The van der Waals surface area contributed by atoms with Gasteiger partial charge in [-0.3, -0.25) is 44.5 Å². The molecule has 4 aliphatic rings. The van der Waals surface area contributed by atoms with Crippen molar-refractivity contribution in [3.8, 4) is 12.1 Å². The highest BCUT2D eigenvalue weighted by Crippen LogP contribution is 2.35. The highest BCUT2D eigenvalue weighted by molar-refractivity contribution is 9.09. The number of hydrogen-bond donors (Lipinski definition) is 6. The van der Waals surface area contributed by atoms with E-state index in [0.29, 0.717) is 49.0 Å². The van der Waals surface area contributed by atoms with Gasteiger partial charge in [0, 0.05) is 148 Å². The lowest BCUT2D eigenvalue weighted by atomic mass is 9.76. The second kappa shape index (κ2) is 61.7. The van der Waals surface area contributed by atoms with E-state index < -0.39 is 5.41 Å². The number of likely N-dealkylation sites (tertiary alicyclic amines) is 4. The van der Waals surface area contributed by atoms with Crippen molar-refractivity contribution < 1.29 is 15.2 Å². The Balaban J connectivity index is 0.000000238. The SMILES string of the molecule is C.CB(O)NCCCBr.ClCCN(CCCl)Cc1ccccc1.N#CC1(c2ccccn2)CCN(Cc2ccccc2)CC1.N#CCc1ccccn1.NCCCN1CCC(c2ccccn2)CC1.OCCNCCO.c1ccc(CN2CCC(c3ccccn3)CC2)cc1.c1ccc(CN2CCC(c3ccccn3)CC2)cc1. The van der Waals surface area contributed by atoms with E-state index in [0.717, 1.165) is 114 Å². The van der Waals surface area contributed by atoms with E-state index in [1.807, 2.05) is 91.4 Å². The number of halogens is 3. The smallest absolute Gasteiger partial charge is 0.373 e. The van der Waals surface area contributed by atoms with Crippen LogP contribution in [0.3, 0.4) is 0 Å². The number of aliphatic hydroxyl groups is 2. The van der Waals surface area contributed by atoms with E-state index in [1.165, 1.54) is 117 Å². The minimum atomic E-state index is -0.408. The minimum Gasteiger partial charge on any atom is -0.437 e. The first kappa shape index (κ1) is 96.9. The van der Waals surface area contributed by atoms with Crippen molar-refractivity contribution in [2.45, 2.75) is 134 Å². The summed E-state index contributed by atoms with van der Waals surface area (Å²) in [6.07, 6.45) is 20.9. The lowest BCUT2D eigenvalue weighted by molar-refractivity contribution is 0.177. The number of rotatable bonds is 28. The van der Waals surface area contributed by atoms with Crippen LogP contribution in [0.25, 0.3) is 0 Å². The number of nitriles is 2. The van der Waals surface area contributed by atoms with Gasteiger partial charge in [-0.1, -0.05) is 175 Å². The normalized spacial score (nSPS) is 15.0. The van der Waals surface area contributed by atoms with E-state index in [-0.39, 0.29) is 27.7 Å². The summed E-state index contributed by atoms with van der Waals surface area (Å²) < 4.78 is 0. The van der Waals surface area contributed by atoms with Gasteiger partial charge in [0.25, 0.3) is 0 Å². The second-order valence-electron chi connectivity index (χ2n) is 28.4. The number of benzene rings is 4. The molecular formula is C92H127BBrCl2N15O3. The zero-order valence-corrected chi connectivity index (χ0v) is 69.7. The first-order chi connectivity index (χ1) is 55.5. The van der Waals surface area contributed by atoms with Gasteiger partial charge < -0.3 is 36.4 Å². The Hall–Kier alpha value is -7.71. The lowest BCUT2D eigenvalue weighted by Crippen LogP contribution is -2.41. The van der Waals surface area contributed by atoms with Crippen LogP contribution in [0.2, 0.25) is 6.82 Å². The molecule has 0 spiro atoms. The predicted octanol–water partition coefficient (Wildman–Crippen LogP) is 15.5. The molecule has 9 aromatic rings. The van der Waals surface area contributed by atoms with Crippen molar-refractivity contribution in [1.82, 2.24) is 60.0 Å². The van der Waals surface area contributed by atoms with Gasteiger partial charge in [0.2, 0.25) is 0 Å². The van der Waals surface area contributed by atoms with Crippen LogP contribution in [0.4, 0.5) is 0 Å². The number of hydrogen-bond acceptors (Lipinski definition) is 18. The third-order valence-corrected chi connectivity index (χ3v) is 20.8. The number of pyridine rings is 5. The van der Waals surface area contributed by atoms with E-state index in [4.69, 9.17) is 49.4 Å². The highest BCUT2D eigenvalue weighted by Gasteiger charge is 2.37. The Morgan fingerprint density at radius 1 is 0.500 bits per heavy atom. The van der Waals surface area contributed by atoms with E-state index in [9.17, 15) is 5.26 Å². The Kier molecular flexibility index (Phi) is 52.4. The fourth-order valence-corrected chi connectivity index (χ4v) is 14.4. The van der Waals surface area contributed by atoms with Crippen LogP contribution in [0.15, 0.2) is 243 Å². The van der Waals surface area contributed by atoms with Crippen LogP contribution in [0.1, 0.15) is 140 Å². The van der Waals surface area contributed by atoms with Crippen molar-refractivity contribution >= 4 is 46.2 Å². The zero-order valence-electron chi connectivity index (χ0n) is 66.6. The van der Waals surface area contributed by atoms with Crippen molar-refractivity contribution in [1.29, 1.82) is 10.5 Å². The lowest BCUT2D eigenvalue weighted by Gasteiger charge is -2.36. The maximum atomic E-state index is 9.66. The fourth-order valence-electron chi connectivity index (χ4n) is 13.7. The molecule has 0 atom stereocenters. The molecule has 0 unspecified atom stereocenters. The van der Waals surface area contributed by atoms with E-state index in [1.54, 1.807) is 19.2 Å². The summed E-state index contributed by atoms with van der Waals surface area (Å²) >= 11 is 14.7. The first-order valence-corrected chi connectivity index (χ1v) is 42.5. The van der Waals surface area contributed by atoms with Crippen LogP contribution in [-0.2, 0) is 38.0 Å². The highest BCUT2D eigenvalue weighted by atomic mass is 79.9. The molecule has 22 heteroatoms. The van der Waals surface area contributed by atoms with Gasteiger partial charge >= 0.3 is 7.05 Å². The number of aliphatic hydroxyl groups excluding tert-OH is 2. The Labute approximate surface area is 701 Å². The molecule has 9 heterocycles. The molecular weight excluding hydrogens is 1520 g/mol. The zero-order chi connectivity index (χ0) is 80.3. The summed E-state index contributed by atoms with van der Waals surface area (Å²) in [5.74, 6) is 3.27. The van der Waals surface area contributed by atoms with Gasteiger partial charge in [-0.25, -0.2) is 0 Å². The van der Waals surface area contributed by atoms with Crippen molar-refractivity contribution in [2.75, 3.05) is 128 Å². The second-order valence-corrected chi connectivity index (χ2v) is 30.0. The summed E-state index contributed by atoms with van der Waals surface area (Å²) in [6.45, 7) is 20.8. The average Bonchev–Trinajstić information content (AvgIpc) is 0.800. The van der Waals surface area contributed by atoms with Gasteiger partial charge in [-0.15, -0.1) is 23.2 Å². The molecule has 13 rings (SSSR count). The topological polar surface area (TPSA) is 239 Å². The largest absolute Gasteiger partial charge is 0.437 e. The van der Waals surface area contributed by atoms with Crippen LogP contribution in [-0.4, -0.2) is 200 Å². The molecule has 5 aromatic heterocycles. The molecule has 4 aromatic carbocycles. The summed E-state index contributed by atoms with van der Waals surface area (Å²) in [5, 5.41) is 49.5. The molecule has 0 saturated carbocycles. The molecule has 0 radical (unpaired) electrons. The maximum Gasteiger partial charge on any atom is 0.373 e. The average molecular weight is 1650 g/mol. The number of piperidine rings is 4. The van der Waals surface area contributed by atoms with Crippen LogP contribution < -0.4 is 16.3 Å². The Morgan fingerprint density at radius 2 is 0.877 bits per heavy atom. The summed E-state index contributed by atoms with van der Waals surface area (Å²) in [6, 6.07) is 77.1. The molecule has 18 nitrogen and oxygen atoms in total. The third kappa shape index (κ3) is 40.7. The molecule has 0 amide bonds. The molecule has 4 aliphatic heterocycles. The van der Waals surface area contributed by atoms with Crippen molar-refractivity contribution in [3.63, 3.8) is 0 Å². The fraction of sp³-hybridized carbons (Fsp3) is 0.446. The molecule has 4 fully saturated rings. The molecule has 612 valence electrons. The van der Waals surface area contributed by atoms with Crippen LogP contribution >= 0.6 is 39.1 Å². The third-order valence-electron chi connectivity index (χ3n) is 19.9. The maximum absolute atomic E-state index is 9.66. The number of alkyl halides is 3. The van der Waals surface area contributed by atoms with E-state index in [2.05, 4.69) is 228 Å². The predicted molar refractivity (Wildman–Crippen MR) is 475 cm³/mol. The van der Waals surface area contributed by atoms with Gasteiger partial charge in [0.15, 0.2) is 0 Å². The van der Waals surface area contributed by atoms with Gasteiger partial charge in [0.1, 0.15) is 5.41 Å². The van der Waals surface area contributed by atoms with Crippen LogP contribution in [0, 0.1) is 22.7 Å². The minimum absolute atomic E-state index is 0. The monoisotopic (exact) mass is 1650 g/mol. The Morgan fingerprint density at radius 3 is 1.21 bits per heavy atom. The summed E-state index contributed by atoms with van der Waals surface area (Å²) in [5.41, 5.74) is 16.1. The number of nitrogens with two attached hydrogens (primary N) is 1. The van der Waals surface area contributed by atoms with Crippen molar-refractivity contribution in [2.24, 2.45) is 5.73 Å².